The summed E-state index contributed by atoms with van der Waals surface area (Å²) in [4.78, 5) is 0. The van der Waals surface area contributed by atoms with E-state index in [4.69, 9.17) is 0 Å². The first-order valence-electron chi connectivity index (χ1n) is 9.87. The highest BCUT2D eigenvalue weighted by molar-refractivity contribution is 9.10. The Kier molecular flexibility index (Phi) is 6.74. The average Bonchev–Trinajstić information content (AvgIpc) is 2.67. The first-order chi connectivity index (χ1) is 12.6. The molecule has 0 radical (unpaired) electrons. The zero-order valence-corrected chi connectivity index (χ0v) is 17.1. The van der Waals surface area contributed by atoms with Crippen molar-refractivity contribution in [2.75, 3.05) is 0 Å². The number of benzene rings is 2. The van der Waals surface area contributed by atoms with Crippen molar-refractivity contribution in [3.8, 4) is 16.9 Å². The molecule has 1 N–H and O–H groups in total. The van der Waals surface area contributed by atoms with Crippen LogP contribution >= 0.6 is 15.9 Å². The molecule has 26 heavy (non-hydrogen) atoms. The number of hydrogen-bond donors (Lipinski definition) is 1. The van der Waals surface area contributed by atoms with Crippen LogP contribution in [0.25, 0.3) is 11.1 Å². The van der Waals surface area contributed by atoms with Crippen LogP contribution in [0.4, 0.5) is 4.39 Å². The zero-order chi connectivity index (χ0) is 18.5. The molecule has 0 saturated heterocycles. The average molecular weight is 419 g/mol. The van der Waals surface area contributed by atoms with Gasteiger partial charge in [0.15, 0.2) is 11.6 Å². The van der Waals surface area contributed by atoms with Crippen molar-refractivity contribution in [3.63, 3.8) is 0 Å². The molecule has 140 valence electrons. The third-order valence-electron chi connectivity index (χ3n) is 5.82. The molecule has 0 bridgehead atoms. The standard InChI is InChI=1S/C23H28BrFO/c1-2-3-4-5-16-6-8-17(9-7-16)18-10-12-19(13-11-18)20-14-15-21(24)22(25)23(20)26/h10-17,26H,2-9H2,1H3. The summed E-state index contributed by atoms with van der Waals surface area (Å²) in [7, 11) is 0. The van der Waals surface area contributed by atoms with E-state index in [9.17, 15) is 9.50 Å². The fourth-order valence-electron chi connectivity index (χ4n) is 4.18. The molecule has 2 aromatic rings. The summed E-state index contributed by atoms with van der Waals surface area (Å²) in [5.41, 5.74) is 2.76. The van der Waals surface area contributed by atoms with Gasteiger partial charge in [-0.05, 0) is 76.7 Å². The molecule has 1 nitrogen and oxygen atoms in total. The van der Waals surface area contributed by atoms with Gasteiger partial charge in [0.25, 0.3) is 0 Å². The van der Waals surface area contributed by atoms with Crippen LogP contribution in [0, 0.1) is 11.7 Å². The highest BCUT2D eigenvalue weighted by Crippen LogP contribution is 2.39. The molecule has 0 heterocycles. The van der Waals surface area contributed by atoms with Crippen LogP contribution in [-0.4, -0.2) is 5.11 Å². The second-order valence-corrected chi connectivity index (χ2v) is 8.45. The summed E-state index contributed by atoms with van der Waals surface area (Å²) >= 11 is 3.11. The van der Waals surface area contributed by atoms with Crippen molar-refractivity contribution < 1.29 is 9.50 Å². The van der Waals surface area contributed by atoms with E-state index in [1.54, 1.807) is 12.1 Å². The minimum atomic E-state index is -0.604. The summed E-state index contributed by atoms with van der Waals surface area (Å²) in [5, 5.41) is 10.1. The topological polar surface area (TPSA) is 20.2 Å². The van der Waals surface area contributed by atoms with Crippen LogP contribution in [0.1, 0.15) is 69.8 Å². The summed E-state index contributed by atoms with van der Waals surface area (Å²) in [6.45, 7) is 2.27. The molecular weight excluding hydrogens is 391 g/mol. The molecule has 1 aliphatic rings. The van der Waals surface area contributed by atoms with E-state index in [1.807, 2.05) is 12.1 Å². The van der Waals surface area contributed by atoms with Gasteiger partial charge in [-0.25, -0.2) is 4.39 Å². The first kappa shape index (κ1) is 19.4. The molecule has 3 rings (SSSR count). The van der Waals surface area contributed by atoms with Crippen molar-refractivity contribution in [2.45, 2.75) is 64.2 Å². The van der Waals surface area contributed by atoms with E-state index >= 15 is 0 Å². The molecule has 0 amide bonds. The van der Waals surface area contributed by atoms with Crippen LogP contribution in [0.3, 0.4) is 0 Å². The van der Waals surface area contributed by atoms with Crippen LogP contribution in [0.15, 0.2) is 40.9 Å². The van der Waals surface area contributed by atoms with E-state index < -0.39 is 5.82 Å². The van der Waals surface area contributed by atoms with Crippen molar-refractivity contribution in [2.24, 2.45) is 5.92 Å². The molecule has 0 aliphatic heterocycles. The number of phenolic OH excluding ortho intramolecular Hbond substituents is 1. The largest absolute Gasteiger partial charge is 0.504 e. The monoisotopic (exact) mass is 418 g/mol. The lowest BCUT2D eigenvalue weighted by Gasteiger charge is -2.29. The number of rotatable bonds is 6. The van der Waals surface area contributed by atoms with Crippen molar-refractivity contribution >= 4 is 15.9 Å². The Labute approximate surface area is 164 Å². The third-order valence-corrected chi connectivity index (χ3v) is 6.44. The number of halogens is 2. The maximum atomic E-state index is 13.9. The second-order valence-electron chi connectivity index (χ2n) is 7.59. The third kappa shape index (κ3) is 4.49. The molecule has 0 spiro atoms. The lowest BCUT2D eigenvalue weighted by atomic mass is 9.77. The Bertz CT molecular complexity index is 718. The Balaban J connectivity index is 1.63. The fourth-order valence-corrected chi connectivity index (χ4v) is 4.50. The van der Waals surface area contributed by atoms with Crippen LogP contribution < -0.4 is 0 Å². The zero-order valence-electron chi connectivity index (χ0n) is 15.5. The van der Waals surface area contributed by atoms with Gasteiger partial charge >= 0.3 is 0 Å². The lowest BCUT2D eigenvalue weighted by molar-refractivity contribution is 0.303. The molecule has 1 fully saturated rings. The van der Waals surface area contributed by atoms with E-state index in [2.05, 4.69) is 35.0 Å². The predicted molar refractivity (Wildman–Crippen MR) is 110 cm³/mol. The molecule has 3 heteroatoms. The molecule has 0 aromatic heterocycles. The summed E-state index contributed by atoms with van der Waals surface area (Å²) in [6, 6.07) is 11.7. The van der Waals surface area contributed by atoms with E-state index in [0.717, 1.165) is 11.5 Å². The van der Waals surface area contributed by atoms with Gasteiger partial charge in [0.1, 0.15) is 0 Å². The summed E-state index contributed by atoms with van der Waals surface area (Å²) in [6.07, 6.45) is 10.7. The number of hydrogen-bond acceptors (Lipinski definition) is 1. The van der Waals surface area contributed by atoms with Gasteiger partial charge in [-0.2, -0.15) is 0 Å². The van der Waals surface area contributed by atoms with Gasteiger partial charge in [0.05, 0.1) is 4.47 Å². The molecular formula is C23H28BrFO. The predicted octanol–water partition coefficient (Wildman–Crippen LogP) is 7.81. The molecule has 2 aromatic carbocycles. The van der Waals surface area contributed by atoms with Gasteiger partial charge in [0, 0.05) is 5.56 Å². The van der Waals surface area contributed by atoms with Crippen molar-refractivity contribution in [1.82, 2.24) is 0 Å². The Hall–Kier alpha value is -1.35. The van der Waals surface area contributed by atoms with E-state index in [-0.39, 0.29) is 10.2 Å². The van der Waals surface area contributed by atoms with Gasteiger partial charge < -0.3 is 5.11 Å². The molecule has 0 unspecified atom stereocenters. The first-order valence-corrected chi connectivity index (χ1v) is 10.7. The van der Waals surface area contributed by atoms with Gasteiger partial charge in [0.2, 0.25) is 0 Å². The van der Waals surface area contributed by atoms with Crippen LogP contribution in [0.5, 0.6) is 5.75 Å². The minimum Gasteiger partial charge on any atom is -0.504 e. The molecule has 1 saturated carbocycles. The van der Waals surface area contributed by atoms with Crippen LogP contribution in [0.2, 0.25) is 0 Å². The lowest BCUT2D eigenvalue weighted by Crippen LogP contribution is -2.13. The normalized spacial score (nSPS) is 20.3. The highest BCUT2D eigenvalue weighted by atomic mass is 79.9. The Morgan fingerprint density at radius 1 is 1.00 bits per heavy atom. The summed E-state index contributed by atoms with van der Waals surface area (Å²) < 4.78 is 14.2. The SMILES string of the molecule is CCCCCC1CCC(c2ccc(-c3ccc(Br)c(F)c3O)cc2)CC1. The fraction of sp³-hybridized carbons (Fsp3) is 0.478. The van der Waals surface area contributed by atoms with E-state index in [0.29, 0.717) is 11.5 Å². The van der Waals surface area contributed by atoms with Crippen molar-refractivity contribution in [3.05, 3.63) is 52.3 Å². The maximum Gasteiger partial charge on any atom is 0.179 e. The minimum absolute atomic E-state index is 0.283. The smallest absolute Gasteiger partial charge is 0.179 e. The Morgan fingerprint density at radius 2 is 1.69 bits per heavy atom. The number of aromatic hydroxyl groups is 1. The highest BCUT2D eigenvalue weighted by Gasteiger charge is 2.22. The maximum absolute atomic E-state index is 13.9. The number of unbranched alkanes of at least 4 members (excludes halogenated alkanes) is 2. The molecule has 1 aliphatic carbocycles. The summed E-state index contributed by atoms with van der Waals surface area (Å²) in [5.74, 6) is 0.661. The van der Waals surface area contributed by atoms with Crippen LogP contribution in [-0.2, 0) is 0 Å². The molecule has 0 atom stereocenters. The van der Waals surface area contributed by atoms with Crippen molar-refractivity contribution in [1.29, 1.82) is 0 Å². The van der Waals surface area contributed by atoms with E-state index in [1.165, 1.54) is 56.9 Å². The number of phenols is 1. The Morgan fingerprint density at radius 3 is 2.35 bits per heavy atom. The van der Waals surface area contributed by atoms with Gasteiger partial charge in [-0.1, -0.05) is 56.9 Å². The van der Waals surface area contributed by atoms with Gasteiger partial charge in [-0.3, -0.25) is 0 Å². The second kappa shape index (κ2) is 9.03. The quantitative estimate of drug-likeness (QED) is 0.473. The van der Waals surface area contributed by atoms with Gasteiger partial charge in [-0.15, -0.1) is 0 Å².